The Morgan fingerprint density at radius 3 is 2.10 bits per heavy atom. The van der Waals surface area contributed by atoms with E-state index in [1.807, 2.05) is 0 Å². The molecule has 0 saturated heterocycles. The molecule has 204 valence electrons. The van der Waals surface area contributed by atoms with E-state index in [0.717, 1.165) is 18.2 Å². The molecule has 4 aromatic rings. The van der Waals surface area contributed by atoms with Crippen LogP contribution in [0.5, 0.6) is 23.0 Å². The van der Waals surface area contributed by atoms with Crippen LogP contribution in [0.1, 0.15) is 5.76 Å². The lowest BCUT2D eigenvalue weighted by Crippen LogP contribution is -2.19. The molecule has 0 aliphatic heterocycles. The second-order valence-electron chi connectivity index (χ2n) is 7.44. The van der Waals surface area contributed by atoms with E-state index >= 15 is 0 Å². The number of hydrogen-bond acceptors (Lipinski definition) is 6. The van der Waals surface area contributed by atoms with Crippen molar-refractivity contribution in [2.24, 2.45) is 0 Å². The van der Waals surface area contributed by atoms with Crippen LogP contribution in [0.4, 0.5) is 35.1 Å². The molecule has 0 aliphatic rings. The number of para-hydroxylation sites is 1. The summed E-state index contributed by atoms with van der Waals surface area (Å²) >= 11 is 3.09. The van der Waals surface area contributed by atoms with Gasteiger partial charge < -0.3 is 18.6 Å². The summed E-state index contributed by atoms with van der Waals surface area (Å²) in [4.78, 5) is 24.9. The summed E-state index contributed by atoms with van der Waals surface area (Å²) in [6.45, 7) is -1.37. The Bertz CT molecular complexity index is 1640. The molecule has 39 heavy (non-hydrogen) atoms. The van der Waals surface area contributed by atoms with E-state index in [-0.39, 0.29) is 10.2 Å². The predicted molar refractivity (Wildman–Crippen MR) is 119 cm³/mol. The van der Waals surface area contributed by atoms with Gasteiger partial charge in [-0.1, -0.05) is 12.1 Å². The Hall–Kier alpha value is -4.14. The van der Waals surface area contributed by atoms with Crippen LogP contribution >= 0.6 is 15.9 Å². The molecule has 6 nitrogen and oxygen atoms in total. The molecule has 0 N–H and O–H groups in total. The summed E-state index contributed by atoms with van der Waals surface area (Å²) in [7, 11) is 0. The van der Waals surface area contributed by atoms with E-state index in [1.54, 1.807) is 6.07 Å². The molecule has 0 aliphatic carbocycles. The van der Waals surface area contributed by atoms with Crippen molar-refractivity contribution in [2.75, 3.05) is 6.61 Å². The van der Waals surface area contributed by atoms with Crippen LogP contribution in [0.25, 0.3) is 11.0 Å². The molecule has 0 radical (unpaired) electrons. The molecule has 0 spiro atoms. The van der Waals surface area contributed by atoms with Gasteiger partial charge in [0.05, 0.1) is 9.86 Å². The summed E-state index contributed by atoms with van der Waals surface area (Å²) in [5.41, 5.74) is -1.90. The van der Waals surface area contributed by atoms with Crippen molar-refractivity contribution < 1.29 is 58.5 Å². The fourth-order valence-corrected chi connectivity index (χ4v) is 3.51. The lowest BCUT2D eigenvalue weighted by atomic mass is 10.2. The van der Waals surface area contributed by atoms with Crippen LogP contribution in [0, 0.1) is 29.1 Å². The molecule has 0 saturated carbocycles. The van der Waals surface area contributed by atoms with Crippen molar-refractivity contribution >= 4 is 32.9 Å². The summed E-state index contributed by atoms with van der Waals surface area (Å²) in [6.07, 6.45) is -5.20. The minimum absolute atomic E-state index is 0.117. The molecule has 0 atom stereocenters. The monoisotopic (exact) mass is 624 g/mol. The van der Waals surface area contributed by atoms with E-state index in [0.29, 0.717) is 0 Å². The smallest absolute Gasteiger partial charge is 0.453 e. The highest BCUT2D eigenvalue weighted by Gasteiger charge is 2.40. The van der Waals surface area contributed by atoms with Gasteiger partial charge in [-0.05, 0) is 40.2 Å². The van der Waals surface area contributed by atoms with Gasteiger partial charge in [-0.2, -0.15) is 22.0 Å². The largest absolute Gasteiger partial charge is 0.476 e. The van der Waals surface area contributed by atoms with Gasteiger partial charge in [0.2, 0.25) is 40.3 Å². The van der Waals surface area contributed by atoms with Gasteiger partial charge in [0.1, 0.15) is 17.1 Å². The van der Waals surface area contributed by atoms with Crippen molar-refractivity contribution in [3.05, 3.63) is 92.0 Å². The normalized spacial score (nSPS) is 11.5. The van der Waals surface area contributed by atoms with Gasteiger partial charge in [-0.15, -0.1) is 0 Å². The third-order valence-corrected chi connectivity index (χ3v) is 5.52. The van der Waals surface area contributed by atoms with E-state index in [4.69, 9.17) is 13.9 Å². The summed E-state index contributed by atoms with van der Waals surface area (Å²) in [5, 5.41) is -0.400. The van der Waals surface area contributed by atoms with Crippen molar-refractivity contribution in [1.82, 2.24) is 0 Å². The molecule has 3 aromatic carbocycles. The Balaban J connectivity index is 1.62. The SMILES string of the molecule is O=C(COc1c(F)c(F)c(F)c(F)c1F)Oc1ccc2c(=O)c(Oc3ccccc3Br)c(C(F)(F)F)oc2c1. The number of benzene rings is 3. The molecule has 4 rings (SSSR count). The van der Waals surface area contributed by atoms with E-state index < -0.39 is 87.2 Å². The molecule has 0 fully saturated rings. The topological polar surface area (TPSA) is 75.0 Å². The number of carbonyl (C=O) groups excluding carboxylic acids is 1. The number of fused-ring (bicyclic) bond motifs is 1. The maximum absolute atomic E-state index is 13.7. The van der Waals surface area contributed by atoms with E-state index in [1.165, 1.54) is 18.2 Å². The first-order valence-corrected chi connectivity index (χ1v) is 11.0. The van der Waals surface area contributed by atoms with E-state index in [9.17, 15) is 44.7 Å². The first-order chi connectivity index (χ1) is 18.3. The third-order valence-electron chi connectivity index (χ3n) is 4.86. The first kappa shape index (κ1) is 27.9. The van der Waals surface area contributed by atoms with Crippen LogP contribution in [0.15, 0.2) is 56.1 Å². The van der Waals surface area contributed by atoms with Gasteiger partial charge >= 0.3 is 12.1 Å². The average Bonchev–Trinajstić information content (AvgIpc) is 2.88. The first-order valence-electron chi connectivity index (χ1n) is 10.2. The minimum atomic E-state index is -5.20. The lowest BCUT2D eigenvalue weighted by Gasteiger charge is -2.14. The zero-order valence-electron chi connectivity index (χ0n) is 18.6. The quantitative estimate of drug-likeness (QED) is 0.0753. The van der Waals surface area contributed by atoms with Crippen LogP contribution in [0.3, 0.4) is 0 Å². The number of carbonyl (C=O) groups is 1. The summed E-state index contributed by atoms with van der Waals surface area (Å²) < 4.78 is 128. The standard InChI is InChI=1S/C24H9BrF8O6/c25-11-3-1-2-4-12(11)38-22-20(35)10-6-5-9(7-13(10)39-23(22)24(31,32)33)37-14(34)8-36-21-18(29)16(27)15(26)17(28)19(21)30/h1-7H,8H2. The van der Waals surface area contributed by atoms with Gasteiger partial charge in [0.15, 0.2) is 12.4 Å². The number of hydrogen-bond donors (Lipinski definition) is 0. The number of ether oxygens (including phenoxy) is 3. The Morgan fingerprint density at radius 2 is 1.49 bits per heavy atom. The lowest BCUT2D eigenvalue weighted by molar-refractivity contribution is -0.154. The average molecular weight is 625 g/mol. The summed E-state index contributed by atoms with van der Waals surface area (Å²) in [6, 6.07) is 8.40. The molecule has 1 aromatic heterocycles. The van der Waals surface area contributed by atoms with Crippen LogP contribution in [-0.4, -0.2) is 12.6 Å². The summed E-state index contributed by atoms with van der Waals surface area (Å²) in [5.74, 6) is -18.5. The van der Waals surface area contributed by atoms with Crippen LogP contribution < -0.4 is 19.6 Å². The number of alkyl halides is 3. The van der Waals surface area contributed by atoms with Gasteiger partial charge in [-0.25, -0.2) is 18.0 Å². The van der Waals surface area contributed by atoms with Crippen molar-refractivity contribution in [3.8, 4) is 23.0 Å². The Labute approximate surface area is 219 Å². The molecular formula is C24H9BrF8O6. The highest BCUT2D eigenvalue weighted by molar-refractivity contribution is 9.10. The number of halogens is 9. The second kappa shape index (κ2) is 10.6. The molecule has 15 heteroatoms. The highest BCUT2D eigenvalue weighted by Crippen LogP contribution is 2.40. The second-order valence-corrected chi connectivity index (χ2v) is 8.29. The Morgan fingerprint density at radius 1 is 0.872 bits per heavy atom. The fraction of sp³-hybridized carbons (Fsp3) is 0.0833. The van der Waals surface area contributed by atoms with Gasteiger partial charge in [-0.3, -0.25) is 4.79 Å². The maximum Gasteiger partial charge on any atom is 0.453 e. The molecule has 0 amide bonds. The van der Waals surface area contributed by atoms with Gasteiger partial charge in [0, 0.05) is 6.07 Å². The molecule has 0 bridgehead atoms. The van der Waals surface area contributed by atoms with Crippen molar-refractivity contribution in [1.29, 1.82) is 0 Å². The molecule has 1 heterocycles. The highest BCUT2D eigenvalue weighted by atomic mass is 79.9. The van der Waals surface area contributed by atoms with Crippen LogP contribution in [-0.2, 0) is 11.0 Å². The zero-order valence-corrected chi connectivity index (χ0v) is 20.2. The molecular weight excluding hydrogens is 616 g/mol. The zero-order chi connectivity index (χ0) is 28.6. The number of rotatable bonds is 6. The number of esters is 1. The Kier molecular flexibility index (Phi) is 7.54. The minimum Gasteiger partial charge on any atom is -0.476 e. The third kappa shape index (κ3) is 5.53. The van der Waals surface area contributed by atoms with Gasteiger partial charge in [0.25, 0.3) is 5.76 Å². The fourth-order valence-electron chi connectivity index (χ4n) is 3.14. The van der Waals surface area contributed by atoms with Crippen molar-refractivity contribution in [2.45, 2.75) is 6.18 Å². The van der Waals surface area contributed by atoms with Crippen molar-refractivity contribution in [3.63, 3.8) is 0 Å². The van der Waals surface area contributed by atoms with E-state index in [2.05, 4.69) is 20.7 Å². The van der Waals surface area contributed by atoms with Crippen LogP contribution in [0.2, 0.25) is 0 Å². The predicted octanol–water partition coefficient (Wildman–Crippen LogP) is 7.05. The molecule has 0 unspecified atom stereocenters. The maximum atomic E-state index is 13.7.